The summed E-state index contributed by atoms with van der Waals surface area (Å²) in [6, 6.07) is 4.32. The lowest BCUT2D eigenvalue weighted by molar-refractivity contribution is 0.198. The summed E-state index contributed by atoms with van der Waals surface area (Å²) in [6.45, 7) is 3.50. The summed E-state index contributed by atoms with van der Waals surface area (Å²) in [5.41, 5.74) is 0.498. The normalized spacial score (nSPS) is 12.4. The van der Waals surface area contributed by atoms with Crippen molar-refractivity contribution in [1.82, 2.24) is 10.1 Å². The first-order valence-electron chi connectivity index (χ1n) is 6.02. The van der Waals surface area contributed by atoms with Gasteiger partial charge in [0.2, 0.25) is 11.7 Å². The van der Waals surface area contributed by atoms with Crippen LogP contribution in [-0.4, -0.2) is 15.2 Å². The molecule has 1 aromatic carbocycles. The van der Waals surface area contributed by atoms with E-state index in [1.165, 1.54) is 12.1 Å². The Morgan fingerprint density at radius 2 is 2.26 bits per heavy atom. The second-order valence-electron chi connectivity index (χ2n) is 4.11. The zero-order chi connectivity index (χ0) is 13.8. The molecule has 0 saturated heterocycles. The Morgan fingerprint density at radius 1 is 1.47 bits per heavy atom. The molecule has 0 amide bonds. The molecule has 1 aromatic heterocycles. The maximum atomic E-state index is 13.7. The van der Waals surface area contributed by atoms with E-state index in [9.17, 15) is 9.50 Å². The second kappa shape index (κ2) is 5.79. The molecule has 6 heteroatoms. The van der Waals surface area contributed by atoms with Gasteiger partial charge in [0.25, 0.3) is 0 Å². The van der Waals surface area contributed by atoms with E-state index in [4.69, 9.17) is 9.26 Å². The molecule has 0 aliphatic carbocycles. The first-order chi connectivity index (χ1) is 9.10. The van der Waals surface area contributed by atoms with E-state index >= 15 is 0 Å². The minimum atomic E-state index is -0.715. The van der Waals surface area contributed by atoms with Gasteiger partial charge in [0.1, 0.15) is 0 Å². The van der Waals surface area contributed by atoms with E-state index in [1.54, 1.807) is 13.0 Å². The number of rotatable bonds is 5. The Labute approximate surface area is 110 Å². The second-order valence-corrected chi connectivity index (χ2v) is 4.11. The molecule has 19 heavy (non-hydrogen) atoms. The Kier molecular flexibility index (Phi) is 4.11. The molecule has 5 nitrogen and oxygen atoms in total. The molecule has 0 bridgehead atoms. The van der Waals surface area contributed by atoms with E-state index in [-0.39, 0.29) is 12.4 Å². The molecule has 1 heterocycles. The van der Waals surface area contributed by atoms with Gasteiger partial charge in [-0.2, -0.15) is 4.98 Å². The van der Waals surface area contributed by atoms with Crippen LogP contribution in [0.3, 0.4) is 0 Å². The fraction of sp³-hybridized carbons (Fsp3) is 0.385. The number of aromatic nitrogens is 2. The first-order valence-corrected chi connectivity index (χ1v) is 6.02. The maximum absolute atomic E-state index is 13.7. The Hall–Kier alpha value is -1.95. The van der Waals surface area contributed by atoms with Gasteiger partial charge in [0, 0.05) is 6.42 Å². The molecule has 0 spiro atoms. The van der Waals surface area contributed by atoms with Crippen LogP contribution in [0.25, 0.3) is 0 Å². The van der Waals surface area contributed by atoms with Gasteiger partial charge in [0.15, 0.2) is 18.2 Å². The molecule has 2 aromatic rings. The molecule has 0 saturated carbocycles. The lowest BCUT2D eigenvalue weighted by Gasteiger charge is -2.08. The lowest BCUT2D eigenvalue weighted by Crippen LogP contribution is -2.01. The van der Waals surface area contributed by atoms with Gasteiger partial charge in [-0.05, 0) is 24.6 Å². The zero-order valence-corrected chi connectivity index (χ0v) is 10.8. The molecule has 0 aliphatic rings. The monoisotopic (exact) mass is 266 g/mol. The topological polar surface area (TPSA) is 68.4 Å². The predicted octanol–water partition coefficient (Wildman–Crippen LogP) is 2.40. The van der Waals surface area contributed by atoms with Crippen molar-refractivity contribution < 1.29 is 18.8 Å². The molecule has 0 unspecified atom stereocenters. The zero-order valence-electron chi connectivity index (χ0n) is 10.8. The van der Waals surface area contributed by atoms with Crippen LogP contribution in [0.15, 0.2) is 22.7 Å². The smallest absolute Gasteiger partial charge is 0.226 e. The van der Waals surface area contributed by atoms with Gasteiger partial charge >= 0.3 is 0 Å². The maximum Gasteiger partial charge on any atom is 0.226 e. The highest BCUT2D eigenvalue weighted by atomic mass is 19.1. The highest BCUT2D eigenvalue weighted by Gasteiger charge is 2.10. The number of nitrogens with zero attached hydrogens (tertiary/aromatic N) is 2. The highest BCUT2D eigenvalue weighted by molar-refractivity contribution is 5.30. The summed E-state index contributed by atoms with van der Waals surface area (Å²) in [5.74, 6) is 0.448. The van der Waals surface area contributed by atoms with E-state index in [2.05, 4.69) is 10.1 Å². The molecule has 1 atom stereocenters. The van der Waals surface area contributed by atoms with Gasteiger partial charge in [-0.15, -0.1) is 0 Å². The fourth-order valence-corrected chi connectivity index (χ4v) is 1.53. The third-order valence-electron chi connectivity index (χ3n) is 2.61. The third-order valence-corrected chi connectivity index (χ3v) is 2.61. The Morgan fingerprint density at radius 3 is 2.84 bits per heavy atom. The molecule has 2 rings (SSSR count). The average molecular weight is 266 g/mol. The minimum Gasteiger partial charge on any atom is -0.482 e. The summed E-state index contributed by atoms with van der Waals surface area (Å²) in [7, 11) is 0. The van der Waals surface area contributed by atoms with Crippen molar-refractivity contribution in [3.05, 3.63) is 41.3 Å². The van der Waals surface area contributed by atoms with Crippen molar-refractivity contribution in [2.24, 2.45) is 0 Å². The van der Waals surface area contributed by atoms with E-state index in [1.807, 2.05) is 6.92 Å². The van der Waals surface area contributed by atoms with E-state index in [0.29, 0.717) is 23.7 Å². The number of halogens is 1. The number of aliphatic hydroxyl groups is 1. The Balaban J connectivity index is 2.03. The molecular weight excluding hydrogens is 251 g/mol. The number of benzene rings is 1. The number of hydrogen-bond acceptors (Lipinski definition) is 5. The highest BCUT2D eigenvalue weighted by Crippen LogP contribution is 2.22. The van der Waals surface area contributed by atoms with Crippen LogP contribution in [-0.2, 0) is 13.0 Å². The van der Waals surface area contributed by atoms with Crippen LogP contribution in [0.5, 0.6) is 5.75 Å². The fourth-order valence-electron chi connectivity index (χ4n) is 1.53. The Bertz CT molecular complexity index is 555. The number of ether oxygens (including phenoxy) is 1. The van der Waals surface area contributed by atoms with Gasteiger partial charge in [0.05, 0.1) is 6.10 Å². The van der Waals surface area contributed by atoms with Crippen molar-refractivity contribution in [2.45, 2.75) is 33.0 Å². The van der Waals surface area contributed by atoms with Crippen LogP contribution in [0.2, 0.25) is 0 Å². The summed E-state index contributed by atoms with van der Waals surface area (Å²) in [5, 5.41) is 13.0. The quantitative estimate of drug-likeness (QED) is 0.900. The summed E-state index contributed by atoms with van der Waals surface area (Å²) < 4.78 is 23.9. The van der Waals surface area contributed by atoms with Crippen molar-refractivity contribution in [3.63, 3.8) is 0 Å². The average Bonchev–Trinajstić information content (AvgIpc) is 2.85. The molecule has 102 valence electrons. The van der Waals surface area contributed by atoms with Crippen LogP contribution >= 0.6 is 0 Å². The number of hydrogen-bond donors (Lipinski definition) is 1. The molecule has 1 N–H and O–H groups in total. The lowest BCUT2D eigenvalue weighted by atomic mass is 10.1. The molecular formula is C13H15FN2O3. The number of aryl methyl sites for hydroxylation is 1. The molecule has 0 radical (unpaired) electrons. The van der Waals surface area contributed by atoms with Crippen molar-refractivity contribution in [2.75, 3.05) is 0 Å². The van der Waals surface area contributed by atoms with Crippen LogP contribution in [0.4, 0.5) is 4.39 Å². The molecule has 0 fully saturated rings. The van der Waals surface area contributed by atoms with Gasteiger partial charge in [-0.3, -0.25) is 0 Å². The van der Waals surface area contributed by atoms with Crippen LogP contribution in [0.1, 0.15) is 37.2 Å². The predicted molar refractivity (Wildman–Crippen MR) is 65.0 cm³/mol. The van der Waals surface area contributed by atoms with Crippen molar-refractivity contribution in [1.29, 1.82) is 0 Å². The van der Waals surface area contributed by atoms with Crippen LogP contribution < -0.4 is 4.74 Å². The van der Waals surface area contributed by atoms with Crippen LogP contribution in [0, 0.1) is 5.82 Å². The third kappa shape index (κ3) is 3.29. The standard InChI is InChI=1S/C13H15FN2O3/c1-3-13-15-12(16-19-13)7-18-11-5-4-9(8(2)17)6-10(11)14/h4-6,8,17H,3,7H2,1-2H3/t8-/m1/s1. The summed E-state index contributed by atoms with van der Waals surface area (Å²) in [4.78, 5) is 4.05. The minimum absolute atomic E-state index is 0.0362. The van der Waals surface area contributed by atoms with Gasteiger partial charge in [-0.25, -0.2) is 4.39 Å². The van der Waals surface area contributed by atoms with Crippen molar-refractivity contribution in [3.8, 4) is 5.75 Å². The SMILES string of the molecule is CCc1nc(COc2ccc([C@@H](C)O)cc2F)no1. The van der Waals surface area contributed by atoms with Gasteiger partial charge < -0.3 is 14.4 Å². The van der Waals surface area contributed by atoms with E-state index < -0.39 is 11.9 Å². The van der Waals surface area contributed by atoms with Gasteiger partial charge in [-0.1, -0.05) is 18.1 Å². The summed E-state index contributed by atoms with van der Waals surface area (Å²) >= 11 is 0. The summed E-state index contributed by atoms with van der Waals surface area (Å²) in [6.07, 6.45) is -0.0716. The molecule has 0 aliphatic heterocycles. The number of aliphatic hydroxyl groups excluding tert-OH is 1. The largest absolute Gasteiger partial charge is 0.482 e. The van der Waals surface area contributed by atoms with Crippen molar-refractivity contribution >= 4 is 0 Å². The van der Waals surface area contributed by atoms with E-state index in [0.717, 1.165) is 0 Å². The first kappa shape index (κ1) is 13.5.